The van der Waals surface area contributed by atoms with Gasteiger partial charge in [0.15, 0.2) is 0 Å². The number of hydrogen-bond donors (Lipinski definition) is 1. The summed E-state index contributed by atoms with van der Waals surface area (Å²) in [7, 11) is 2.04. The van der Waals surface area contributed by atoms with Crippen LogP contribution in [-0.2, 0) is 13.5 Å². The highest BCUT2D eigenvalue weighted by Crippen LogP contribution is 2.41. The van der Waals surface area contributed by atoms with Gasteiger partial charge in [-0.15, -0.1) is 0 Å². The second-order valence-corrected chi connectivity index (χ2v) is 5.83. The summed E-state index contributed by atoms with van der Waals surface area (Å²) in [5.74, 6) is 1.71. The molecule has 0 spiro atoms. The van der Waals surface area contributed by atoms with Gasteiger partial charge in [-0.05, 0) is 30.9 Å². The van der Waals surface area contributed by atoms with Crippen molar-refractivity contribution in [3.05, 3.63) is 30.0 Å². The quantitative estimate of drug-likeness (QED) is 0.892. The molecule has 0 bridgehead atoms. The van der Waals surface area contributed by atoms with Crippen molar-refractivity contribution in [3.63, 3.8) is 0 Å². The third-order valence-electron chi connectivity index (χ3n) is 4.40. The second-order valence-electron chi connectivity index (χ2n) is 5.83. The number of benzene rings is 1. The van der Waals surface area contributed by atoms with E-state index in [1.165, 1.54) is 23.0 Å². The van der Waals surface area contributed by atoms with E-state index in [0.717, 1.165) is 24.8 Å². The zero-order valence-corrected chi connectivity index (χ0v) is 12.1. The summed E-state index contributed by atoms with van der Waals surface area (Å²) in [6, 6.07) is 9.11. The van der Waals surface area contributed by atoms with Crippen molar-refractivity contribution in [2.75, 3.05) is 6.54 Å². The Labute approximate surface area is 115 Å². The molecule has 0 amide bonds. The second kappa shape index (κ2) is 4.97. The molecule has 102 valence electrons. The van der Waals surface area contributed by atoms with Gasteiger partial charge in [-0.25, -0.2) is 0 Å². The Hall–Kier alpha value is -1.35. The molecule has 0 radical (unpaired) electrons. The number of hydrogen-bond acceptors (Lipinski definition) is 2. The van der Waals surface area contributed by atoms with E-state index >= 15 is 0 Å². The predicted octanol–water partition coefficient (Wildman–Crippen LogP) is 2.75. The smallest absolute Gasteiger partial charge is 0.0718 e. The van der Waals surface area contributed by atoms with Crippen molar-refractivity contribution in [3.8, 4) is 0 Å². The van der Waals surface area contributed by atoms with Crippen LogP contribution in [0.2, 0.25) is 0 Å². The Morgan fingerprint density at radius 2 is 2.16 bits per heavy atom. The third kappa shape index (κ3) is 2.39. The van der Waals surface area contributed by atoms with Crippen LogP contribution in [0, 0.1) is 11.8 Å². The first-order valence-electron chi connectivity index (χ1n) is 7.34. The first-order valence-corrected chi connectivity index (χ1v) is 7.34. The van der Waals surface area contributed by atoms with E-state index < -0.39 is 0 Å². The summed E-state index contributed by atoms with van der Waals surface area (Å²) in [4.78, 5) is 0. The van der Waals surface area contributed by atoms with Crippen LogP contribution in [0.1, 0.15) is 26.0 Å². The molecule has 2 aromatic rings. The number of likely N-dealkylation sites (N-methyl/N-ethyl adjacent to an activating group) is 1. The highest BCUT2D eigenvalue weighted by Gasteiger charge is 2.39. The summed E-state index contributed by atoms with van der Waals surface area (Å²) in [6.07, 6.45) is 2.41. The number of aryl methyl sites for hydroxylation is 1. The van der Waals surface area contributed by atoms with Gasteiger partial charge in [0.25, 0.3) is 0 Å². The van der Waals surface area contributed by atoms with E-state index in [9.17, 15) is 0 Å². The van der Waals surface area contributed by atoms with Crippen LogP contribution in [0.3, 0.4) is 0 Å². The van der Waals surface area contributed by atoms with Gasteiger partial charge >= 0.3 is 0 Å². The SMILES string of the molecule is CCNC(Cc1nn(C)c2ccccc12)C1CC1C. The van der Waals surface area contributed by atoms with Crippen LogP contribution in [0.5, 0.6) is 0 Å². The molecule has 3 rings (SSSR count). The van der Waals surface area contributed by atoms with Crippen LogP contribution in [0.4, 0.5) is 0 Å². The minimum absolute atomic E-state index is 0.582. The topological polar surface area (TPSA) is 29.9 Å². The summed E-state index contributed by atoms with van der Waals surface area (Å²) in [5, 5.41) is 9.68. The van der Waals surface area contributed by atoms with Gasteiger partial charge in [0, 0.05) is 24.9 Å². The molecule has 1 heterocycles. The van der Waals surface area contributed by atoms with Gasteiger partial charge in [0.2, 0.25) is 0 Å². The minimum Gasteiger partial charge on any atom is -0.314 e. The lowest BCUT2D eigenvalue weighted by Crippen LogP contribution is -2.33. The fourth-order valence-electron chi connectivity index (χ4n) is 3.20. The lowest BCUT2D eigenvalue weighted by Gasteiger charge is -2.16. The monoisotopic (exact) mass is 257 g/mol. The first kappa shape index (κ1) is 12.7. The van der Waals surface area contributed by atoms with Crippen molar-refractivity contribution < 1.29 is 0 Å². The average molecular weight is 257 g/mol. The van der Waals surface area contributed by atoms with Gasteiger partial charge in [-0.2, -0.15) is 5.10 Å². The summed E-state index contributed by atoms with van der Waals surface area (Å²) in [6.45, 7) is 5.58. The average Bonchev–Trinajstić information content (AvgIpc) is 3.05. The summed E-state index contributed by atoms with van der Waals surface area (Å²) in [5.41, 5.74) is 2.47. The maximum atomic E-state index is 4.72. The molecular formula is C16H23N3. The highest BCUT2D eigenvalue weighted by molar-refractivity contribution is 5.81. The van der Waals surface area contributed by atoms with E-state index in [0.29, 0.717) is 6.04 Å². The summed E-state index contributed by atoms with van der Waals surface area (Å²) < 4.78 is 2.00. The van der Waals surface area contributed by atoms with Crippen molar-refractivity contribution in [1.82, 2.24) is 15.1 Å². The summed E-state index contributed by atoms with van der Waals surface area (Å²) >= 11 is 0. The van der Waals surface area contributed by atoms with Crippen LogP contribution < -0.4 is 5.32 Å². The first-order chi connectivity index (χ1) is 9.20. The number of rotatable bonds is 5. The van der Waals surface area contributed by atoms with Crippen molar-refractivity contribution in [2.45, 2.75) is 32.7 Å². The van der Waals surface area contributed by atoms with Crippen molar-refractivity contribution in [2.24, 2.45) is 18.9 Å². The van der Waals surface area contributed by atoms with Crippen LogP contribution in [0.15, 0.2) is 24.3 Å². The Morgan fingerprint density at radius 3 is 2.84 bits per heavy atom. The molecule has 1 aliphatic carbocycles. The molecule has 1 N–H and O–H groups in total. The zero-order valence-electron chi connectivity index (χ0n) is 12.1. The normalized spacial score (nSPS) is 23.7. The molecule has 3 unspecified atom stereocenters. The van der Waals surface area contributed by atoms with Gasteiger partial charge < -0.3 is 5.32 Å². The molecular weight excluding hydrogens is 234 g/mol. The maximum absolute atomic E-state index is 4.72. The number of fused-ring (bicyclic) bond motifs is 1. The van der Waals surface area contributed by atoms with Gasteiger partial charge in [-0.3, -0.25) is 4.68 Å². The fraction of sp³-hybridized carbons (Fsp3) is 0.562. The van der Waals surface area contributed by atoms with E-state index in [-0.39, 0.29) is 0 Å². The molecule has 1 saturated carbocycles. The standard InChI is InChI=1S/C16H23N3/c1-4-17-14(13-9-11(13)2)10-15-12-7-5-6-8-16(12)19(3)18-15/h5-8,11,13-14,17H,4,9-10H2,1-3H3. The highest BCUT2D eigenvalue weighted by atomic mass is 15.3. The maximum Gasteiger partial charge on any atom is 0.0718 e. The number of para-hydroxylation sites is 1. The zero-order chi connectivity index (χ0) is 13.4. The minimum atomic E-state index is 0.582. The molecule has 0 saturated heterocycles. The van der Waals surface area contributed by atoms with E-state index in [2.05, 4.69) is 43.4 Å². The van der Waals surface area contributed by atoms with Crippen molar-refractivity contribution >= 4 is 10.9 Å². The molecule has 19 heavy (non-hydrogen) atoms. The third-order valence-corrected chi connectivity index (χ3v) is 4.40. The molecule has 3 atom stereocenters. The molecule has 1 aromatic carbocycles. The van der Waals surface area contributed by atoms with Crippen LogP contribution in [0.25, 0.3) is 10.9 Å². The number of nitrogens with zero attached hydrogens (tertiary/aromatic N) is 2. The number of aromatic nitrogens is 2. The Morgan fingerprint density at radius 1 is 1.42 bits per heavy atom. The van der Waals surface area contributed by atoms with E-state index in [1.807, 2.05) is 11.7 Å². The molecule has 1 aromatic heterocycles. The van der Waals surface area contributed by atoms with Gasteiger partial charge in [0.05, 0.1) is 11.2 Å². The number of nitrogens with one attached hydrogen (secondary N) is 1. The Kier molecular flexibility index (Phi) is 3.31. The molecule has 3 heteroatoms. The van der Waals surface area contributed by atoms with E-state index in [4.69, 9.17) is 5.10 Å². The Balaban J connectivity index is 1.87. The van der Waals surface area contributed by atoms with Crippen LogP contribution in [-0.4, -0.2) is 22.4 Å². The van der Waals surface area contributed by atoms with Gasteiger partial charge in [-0.1, -0.05) is 32.0 Å². The molecule has 1 aliphatic rings. The van der Waals surface area contributed by atoms with Crippen molar-refractivity contribution in [1.29, 1.82) is 0 Å². The predicted molar refractivity (Wildman–Crippen MR) is 79.2 cm³/mol. The lowest BCUT2D eigenvalue weighted by molar-refractivity contribution is 0.450. The molecule has 1 fully saturated rings. The van der Waals surface area contributed by atoms with E-state index in [1.54, 1.807) is 0 Å². The van der Waals surface area contributed by atoms with Crippen LogP contribution >= 0.6 is 0 Å². The fourth-order valence-corrected chi connectivity index (χ4v) is 3.20. The van der Waals surface area contributed by atoms with Gasteiger partial charge in [0.1, 0.15) is 0 Å². The Bertz CT molecular complexity index is 572. The largest absolute Gasteiger partial charge is 0.314 e. The molecule has 3 nitrogen and oxygen atoms in total. The molecule has 0 aliphatic heterocycles. The lowest BCUT2D eigenvalue weighted by atomic mass is 10.0.